The Kier molecular flexibility index (Phi) is 7.87. The largest absolute Gasteiger partial charge is 0.457 e. The number of carbonyl (C=O) groups excluding carboxylic acids is 2. The van der Waals surface area contributed by atoms with Gasteiger partial charge in [-0.3, -0.25) is 10.1 Å². The molecule has 0 fully saturated rings. The van der Waals surface area contributed by atoms with Crippen LogP contribution in [0.25, 0.3) is 0 Å². The molecule has 0 aliphatic carbocycles. The molecular formula is C23H22FN5O3S. The van der Waals surface area contributed by atoms with E-state index in [-0.39, 0.29) is 29.3 Å². The first-order valence-corrected chi connectivity index (χ1v) is 10.3. The van der Waals surface area contributed by atoms with Crippen LogP contribution in [-0.2, 0) is 11.2 Å². The molecule has 0 atom stereocenters. The van der Waals surface area contributed by atoms with Crippen LogP contribution >= 0.6 is 12.2 Å². The smallest absolute Gasteiger partial charge is 0.322 e. The van der Waals surface area contributed by atoms with Crippen molar-refractivity contribution in [1.82, 2.24) is 15.2 Å². The maximum absolute atomic E-state index is 13.0. The van der Waals surface area contributed by atoms with Gasteiger partial charge in [0, 0.05) is 32.0 Å². The number of carbonyl (C=O) groups is 2. The molecule has 1 aromatic heterocycles. The fourth-order valence-corrected chi connectivity index (χ4v) is 2.86. The maximum Gasteiger partial charge on any atom is 0.322 e. The van der Waals surface area contributed by atoms with Crippen molar-refractivity contribution >= 4 is 40.8 Å². The van der Waals surface area contributed by atoms with Crippen molar-refractivity contribution in [2.75, 3.05) is 24.7 Å². The van der Waals surface area contributed by atoms with Crippen LogP contribution in [0, 0.1) is 5.82 Å². The van der Waals surface area contributed by atoms with Crippen molar-refractivity contribution in [1.29, 1.82) is 0 Å². The van der Waals surface area contributed by atoms with E-state index in [9.17, 15) is 14.0 Å². The Balaban J connectivity index is 1.51. The van der Waals surface area contributed by atoms with E-state index in [0.717, 1.165) is 0 Å². The first-order chi connectivity index (χ1) is 15.8. The topological polar surface area (TPSA) is 95.6 Å². The highest BCUT2D eigenvalue weighted by atomic mass is 32.1. The van der Waals surface area contributed by atoms with Crippen LogP contribution in [0.15, 0.2) is 66.9 Å². The molecule has 0 saturated heterocycles. The first-order valence-electron chi connectivity index (χ1n) is 9.86. The Morgan fingerprint density at radius 2 is 1.70 bits per heavy atom. The van der Waals surface area contributed by atoms with Gasteiger partial charge in [-0.25, -0.2) is 14.2 Å². The fourth-order valence-electron chi connectivity index (χ4n) is 2.63. The van der Waals surface area contributed by atoms with Gasteiger partial charge in [-0.05, 0) is 60.2 Å². The quantitative estimate of drug-likeness (QED) is 0.471. The molecule has 0 radical (unpaired) electrons. The van der Waals surface area contributed by atoms with Crippen LogP contribution in [0.5, 0.6) is 11.5 Å². The Hall–Kier alpha value is -4.05. The molecule has 0 unspecified atom stereocenters. The molecule has 3 N–H and O–H groups in total. The number of benzene rings is 2. The van der Waals surface area contributed by atoms with Gasteiger partial charge in [0.25, 0.3) is 0 Å². The summed E-state index contributed by atoms with van der Waals surface area (Å²) in [5.41, 5.74) is 1.34. The van der Waals surface area contributed by atoms with E-state index in [2.05, 4.69) is 20.9 Å². The summed E-state index contributed by atoms with van der Waals surface area (Å²) in [5, 5.41) is 8.31. The van der Waals surface area contributed by atoms with Gasteiger partial charge in [-0.1, -0.05) is 12.1 Å². The number of hydrogen-bond donors (Lipinski definition) is 3. The van der Waals surface area contributed by atoms with Crippen molar-refractivity contribution in [3.05, 3.63) is 78.2 Å². The van der Waals surface area contributed by atoms with E-state index in [4.69, 9.17) is 17.0 Å². The highest BCUT2D eigenvalue weighted by Crippen LogP contribution is 2.24. The molecule has 0 saturated carbocycles. The minimum Gasteiger partial charge on any atom is -0.457 e. The zero-order valence-electron chi connectivity index (χ0n) is 18.0. The van der Waals surface area contributed by atoms with Crippen molar-refractivity contribution < 1.29 is 18.7 Å². The standard InChI is InChI=1S/C23H22FN5O3S/c1-29(2)23(31)27-20-14-19(11-12-25-20)32-18-9-7-17(8-10-18)26-22(33)28-21(30)13-15-3-5-16(24)6-4-15/h3-12,14H,13H2,1-2H3,(H,25,27,31)(H2,26,28,30,33). The van der Waals surface area contributed by atoms with Crippen LogP contribution in [0.1, 0.15) is 5.56 Å². The molecule has 10 heteroatoms. The van der Waals surface area contributed by atoms with Gasteiger partial charge in [0.2, 0.25) is 5.91 Å². The number of ether oxygens (including phenoxy) is 1. The number of thiocarbonyl (C=S) groups is 1. The van der Waals surface area contributed by atoms with E-state index < -0.39 is 0 Å². The second-order valence-electron chi connectivity index (χ2n) is 7.13. The third-order valence-electron chi connectivity index (χ3n) is 4.25. The van der Waals surface area contributed by atoms with E-state index in [1.807, 2.05) is 0 Å². The number of rotatable bonds is 6. The Morgan fingerprint density at radius 1 is 1.00 bits per heavy atom. The van der Waals surface area contributed by atoms with Crippen LogP contribution in [-0.4, -0.2) is 41.0 Å². The summed E-state index contributed by atoms with van der Waals surface area (Å²) in [5.74, 6) is 0.760. The average Bonchev–Trinajstić information content (AvgIpc) is 2.77. The number of halogens is 1. The fraction of sp³-hybridized carbons (Fsp3) is 0.130. The molecular weight excluding hydrogens is 445 g/mol. The number of urea groups is 1. The number of anilines is 2. The third kappa shape index (κ3) is 7.54. The first kappa shape index (κ1) is 23.6. The number of nitrogens with one attached hydrogen (secondary N) is 3. The minimum atomic E-state index is -0.357. The van der Waals surface area contributed by atoms with Crippen molar-refractivity contribution in [3.63, 3.8) is 0 Å². The zero-order valence-corrected chi connectivity index (χ0v) is 18.8. The molecule has 0 aliphatic heterocycles. The number of aromatic nitrogens is 1. The zero-order chi connectivity index (χ0) is 23.8. The number of nitrogens with zero attached hydrogens (tertiary/aromatic N) is 2. The van der Waals surface area contributed by atoms with Gasteiger partial charge in [-0.15, -0.1) is 0 Å². The molecule has 1 heterocycles. The molecule has 0 bridgehead atoms. The number of hydrogen-bond acceptors (Lipinski definition) is 5. The van der Waals surface area contributed by atoms with Crippen LogP contribution < -0.4 is 20.7 Å². The van der Waals surface area contributed by atoms with Gasteiger partial charge in [-0.2, -0.15) is 0 Å². The van der Waals surface area contributed by atoms with Crippen molar-refractivity contribution in [3.8, 4) is 11.5 Å². The Labute approximate surface area is 195 Å². The molecule has 170 valence electrons. The summed E-state index contributed by atoms with van der Waals surface area (Å²) in [4.78, 5) is 29.3. The van der Waals surface area contributed by atoms with E-state index >= 15 is 0 Å². The highest BCUT2D eigenvalue weighted by Gasteiger charge is 2.08. The monoisotopic (exact) mass is 467 g/mol. The normalized spacial score (nSPS) is 10.2. The van der Waals surface area contributed by atoms with Gasteiger partial charge < -0.3 is 20.3 Å². The molecule has 3 rings (SSSR count). The SMILES string of the molecule is CN(C)C(=O)Nc1cc(Oc2ccc(NC(=S)NC(=O)Cc3ccc(F)cc3)cc2)ccn1. The van der Waals surface area contributed by atoms with Crippen molar-refractivity contribution in [2.45, 2.75) is 6.42 Å². The van der Waals surface area contributed by atoms with Crippen LogP contribution in [0.3, 0.4) is 0 Å². The summed E-state index contributed by atoms with van der Waals surface area (Å²) in [6, 6.07) is 15.6. The molecule has 3 amide bonds. The van der Waals surface area contributed by atoms with Gasteiger partial charge in [0.1, 0.15) is 23.1 Å². The predicted octanol–water partition coefficient (Wildman–Crippen LogP) is 4.16. The molecule has 0 aliphatic rings. The van der Waals surface area contributed by atoms with Crippen molar-refractivity contribution in [2.24, 2.45) is 0 Å². The summed E-state index contributed by atoms with van der Waals surface area (Å²) >= 11 is 5.17. The summed E-state index contributed by atoms with van der Waals surface area (Å²) in [7, 11) is 3.27. The lowest BCUT2D eigenvalue weighted by Gasteiger charge is -2.13. The molecule has 0 spiro atoms. The second-order valence-corrected chi connectivity index (χ2v) is 7.54. The molecule has 3 aromatic rings. The van der Waals surface area contributed by atoms with Gasteiger partial charge in [0.05, 0.1) is 6.42 Å². The summed E-state index contributed by atoms with van der Waals surface area (Å²) in [6.45, 7) is 0. The van der Waals surface area contributed by atoms with Gasteiger partial charge in [0.15, 0.2) is 5.11 Å². The van der Waals surface area contributed by atoms with Crippen LogP contribution in [0.2, 0.25) is 0 Å². The Morgan fingerprint density at radius 3 is 2.36 bits per heavy atom. The minimum absolute atomic E-state index is 0.0811. The van der Waals surface area contributed by atoms with Gasteiger partial charge >= 0.3 is 6.03 Å². The third-order valence-corrected chi connectivity index (χ3v) is 4.46. The van der Waals surface area contributed by atoms with E-state index in [0.29, 0.717) is 28.6 Å². The predicted molar refractivity (Wildman–Crippen MR) is 128 cm³/mol. The second kappa shape index (κ2) is 11.0. The highest BCUT2D eigenvalue weighted by molar-refractivity contribution is 7.80. The summed E-state index contributed by atoms with van der Waals surface area (Å²) < 4.78 is 18.8. The lowest BCUT2D eigenvalue weighted by atomic mass is 10.1. The maximum atomic E-state index is 13.0. The molecule has 33 heavy (non-hydrogen) atoms. The lowest BCUT2D eigenvalue weighted by Crippen LogP contribution is -2.35. The number of amides is 3. The number of pyridine rings is 1. The van der Waals surface area contributed by atoms with E-state index in [1.54, 1.807) is 62.6 Å². The molecule has 8 nitrogen and oxygen atoms in total. The average molecular weight is 468 g/mol. The van der Waals surface area contributed by atoms with Crippen LogP contribution in [0.4, 0.5) is 20.7 Å². The Bertz CT molecular complexity index is 1140. The lowest BCUT2D eigenvalue weighted by molar-refractivity contribution is -0.119. The summed E-state index contributed by atoms with van der Waals surface area (Å²) in [6.07, 6.45) is 1.61. The van der Waals surface area contributed by atoms with E-state index in [1.165, 1.54) is 23.2 Å². The molecule has 2 aromatic carbocycles.